The molecule has 2 atom stereocenters. The zero-order valence-corrected chi connectivity index (χ0v) is 9.57. The molecule has 1 aliphatic heterocycles. The second-order valence-electron chi connectivity index (χ2n) is 3.97. The van der Waals surface area contributed by atoms with Crippen molar-refractivity contribution in [2.45, 2.75) is 12.5 Å². The Morgan fingerprint density at radius 1 is 1.44 bits per heavy atom. The summed E-state index contributed by atoms with van der Waals surface area (Å²) in [5.74, 6) is 0.377. The molecule has 1 N–H and O–H groups in total. The molecule has 0 aliphatic carbocycles. The van der Waals surface area contributed by atoms with Gasteiger partial charge in [0.15, 0.2) is 0 Å². The largest absolute Gasteiger partial charge is 0.316 e. The third-order valence-corrected chi connectivity index (χ3v) is 3.20. The summed E-state index contributed by atoms with van der Waals surface area (Å²) in [6, 6.07) is 7.40. The Labute approximate surface area is 99.5 Å². The van der Waals surface area contributed by atoms with Crippen LogP contribution in [-0.2, 0) is 4.79 Å². The molecule has 0 saturated carbocycles. The number of aliphatic imine (C=N–C) groups is 1. The Bertz CT molecular complexity index is 392. The predicted octanol–water partition coefficient (Wildman–Crippen LogP) is 2.33. The highest BCUT2D eigenvalue weighted by molar-refractivity contribution is 6.30. The molecule has 16 heavy (non-hydrogen) atoms. The number of nitrogens with one attached hydrogen (secondary N) is 1. The standard InChI is InChI=1S/C12H13ClN2O/c13-11-3-1-9(2-4-11)12(15-8-16)10-5-6-14-7-10/h1-4,10,12,14H,5-7H2. The second kappa shape index (κ2) is 5.26. The summed E-state index contributed by atoms with van der Waals surface area (Å²) in [6.45, 7) is 1.89. The van der Waals surface area contributed by atoms with Gasteiger partial charge in [-0.1, -0.05) is 23.7 Å². The third kappa shape index (κ3) is 2.50. The molecule has 1 aromatic rings. The van der Waals surface area contributed by atoms with Gasteiger partial charge in [0.05, 0.1) is 6.04 Å². The summed E-state index contributed by atoms with van der Waals surface area (Å²) >= 11 is 5.83. The number of nitrogens with zero attached hydrogens (tertiary/aromatic N) is 1. The highest BCUT2D eigenvalue weighted by Crippen LogP contribution is 2.30. The van der Waals surface area contributed by atoms with Crippen molar-refractivity contribution in [1.82, 2.24) is 5.32 Å². The molecule has 0 radical (unpaired) electrons. The molecule has 1 fully saturated rings. The van der Waals surface area contributed by atoms with Crippen LogP contribution in [0.4, 0.5) is 0 Å². The van der Waals surface area contributed by atoms with Gasteiger partial charge in [-0.15, -0.1) is 0 Å². The molecular formula is C12H13ClN2O. The predicted molar refractivity (Wildman–Crippen MR) is 63.3 cm³/mol. The minimum absolute atomic E-state index is 0.0928. The lowest BCUT2D eigenvalue weighted by Crippen LogP contribution is -2.15. The van der Waals surface area contributed by atoms with E-state index in [1.54, 1.807) is 6.08 Å². The van der Waals surface area contributed by atoms with Crippen LogP contribution < -0.4 is 5.32 Å². The molecule has 84 valence electrons. The molecule has 1 aliphatic rings. The molecular weight excluding hydrogens is 224 g/mol. The minimum atomic E-state index is -0.0928. The Balaban J connectivity index is 2.24. The number of benzene rings is 1. The van der Waals surface area contributed by atoms with E-state index in [0.717, 1.165) is 25.1 Å². The number of hydrogen-bond acceptors (Lipinski definition) is 3. The maximum Gasteiger partial charge on any atom is 0.235 e. The topological polar surface area (TPSA) is 41.5 Å². The lowest BCUT2D eigenvalue weighted by molar-refractivity contribution is 0.465. The Morgan fingerprint density at radius 2 is 2.19 bits per heavy atom. The van der Waals surface area contributed by atoms with Crippen molar-refractivity contribution in [2.75, 3.05) is 13.1 Å². The number of rotatable bonds is 3. The van der Waals surface area contributed by atoms with E-state index >= 15 is 0 Å². The van der Waals surface area contributed by atoms with E-state index in [2.05, 4.69) is 10.3 Å². The van der Waals surface area contributed by atoms with E-state index in [1.807, 2.05) is 24.3 Å². The fraction of sp³-hybridized carbons (Fsp3) is 0.417. The fourth-order valence-corrected chi connectivity index (χ4v) is 2.24. The normalized spacial score (nSPS) is 21.4. The zero-order chi connectivity index (χ0) is 11.4. The van der Waals surface area contributed by atoms with Crippen LogP contribution >= 0.6 is 11.6 Å². The minimum Gasteiger partial charge on any atom is -0.316 e. The molecule has 4 heteroatoms. The second-order valence-corrected chi connectivity index (χ2v) is 4.41. The SMILES string of the molecule is O=C=NC(c1ccc(Cl)cc1)C1CCNC1. The summed E-state index contributed by atoms with van der Waals surface area (Å²) < 4.78 is 0. The van der Waals surface area contributed by atoms with Gasteiger partial charge in [-0.25, -0.2) is 4.79 Å². The monoisotopic (exact) mass is 236 g/mol. The van der Waals surface area contributed by atoms with Crippen LogP contribution in [0.5, 0.6) is 0 Å². The molecule has 2 unspecified atom stereocenters. The maximum absolute atomic E-state index is 10.5. The van der Waals surface area contributed by atoms with Crippen molar-refractivity contribution in [3.63, 3.8) is 0 Å². The molecule has 1 saturated heterocycles. The van der Waals surface area contributed by atoms with Gasteiger partial charge in [0.25, 0.3) is 0 Å². The van der Waals surface area contributed by atoms with E-state index in [4.69, 9.17) is 11.6 Å². The van der Waals surface area contributed by atoms with Crippen LogP contribution in [0.1, 0.15) is 18.0 Å². The molecule has 3 nitrogen and oxygen atoms in total. The van der Waals surface area contributed by atoms with Gasteiger partial charge in [0, 0.05) is 11.6 Å². The number of carbonyl (C=O) groups excluding carboxylic acids is 1. The average molecular weight is 237 g/mol. The molecule has 0 amide bonds. The van der Waals surface area contributed by atoms with Gasteiger partial charge in [-0.05, 0) is 36.6 Å². The van der Waals surface area contributed by atoms with Gasteiger partial charge in [-0.3, -0.25) is 0 Å². The van der Waals surface area contributed by atoms with Gasteiger partial charge >= 0.3 is 0 Å². The molecule has 0 aromatic heterocycles. The van der Waals surface area contributed by atoms with Crippen LogP contribution in [0.15, 0.2) is 29.3 Å². The van der Waals surface area contributed by atoms with Crippen molar-refractivity contribution in [3.05, 3.63) is 34.9 Å². The van der Waals surface area contributed by atoms with Crippen molar-refractivity contribution < 1.29 is 4.79 Å². The van der Waals surface area contributed by atoms with E-state index in [9.17, 15) is 4.79 Å². The highest BCUT2D eigenvalue weighted by atomic mass is 35.5. The van der Waals surface area contributed by atoms with Crippen LogP contribution in [-0.4, -0.2) is 19.2 Å². The van der Waals surface area contributed by atoms with Crippen LogP contribution in [0.2, 0.25) is 5.02 Å². The Hall–Kier alpha value is -1.15. The van der Waals surface area contributed by atoms with Crippen molar-refractivity contribution in [1.29, 1.82) is 0 Å². The maximum atomic E-state index is 10.5. The lowest BCUT2D eigenvalue weighted by Gasteiger charge is -2.17. The first kappa shape index (κ1) is 11.3. The van der Waals surface area contributed by atoms with Crippen LogP contribution in [0.3, 0.4) is 0 Å². The third-order valence-electron chi connectivity index (χ3n) is 2.95. The van der Waals surface area contributed by atoms with E-state index in [-0.39, 0.29) is 6.04 Å². The molecule has 2 rings (SSSR count). The summed E-state index contributed by atoms with van der Waals surface area (Å²) in [6.07, 6.45) is 2.71. The van der Waals surface area contributed by atoms with Crippen LogP contribution in [0, 0.1) is 5.92 Å². The Kier molecular flexibility index (Phi) is 3.73. The highest BCUT2D eigenvalue weighted by Gasteiger charge is 2.25. The van der Waals surface area contributed by atoms with E-state index in [1.165, 1.54) is 0 Å². The summed E-state index contributed by atoms with van der Waals surface area (Å²) in [5, 5.41) is 3.97. The molecule has 1 heterocycles. The van der Waals surface area contributed by atoms with Crippen LogP contribution in [0.25, 0.3) is 0 Å². The molecule has 0 spiro atoms. The number of hydrogen-bond donors (Lipinski definition) is 1. The zero-order valence-electron chi connectivity index (χ0n) is 8.82. The van der Waals surface area contributed by atoms with Crippen molar-refractivity contribution >= 4 is 17.7 Å². The average Bonchev–Trinajstić information content (AvgIpc) is 2.81. The van der Waals surface area contributed by atoms with Crippen molar-refractivity contribution in [2.24, 2.45) is 10.9 Å². The summed E-state index contributed by atoms with van der Waals surface area (Å²) in [5.41, 5.74) is 1.03. The number of halogens is 1. The quantitative estimate of drug-likeness (QED) is 0.647. The van der Waals surface area contributed by atoms with E-state index in [0.29, 0.717) is 10.9 Å². The smallest absolute Gasteiger partial charge is 0.235 e. The van der Waals surface area contributed by atoms with Gasteiger partial charge < -0.3 is 5.32 Å². The molecule has 1 aromatic carbocycles. The first-order chi connectivity index (χ1) is 7.81. The molecule has 0 bridgehead atoms. The van der Waals surface area contributed by atoms with Gasteiger partial charge in [-0.2, -0.15) is 4.99 Å². The first-order valence-corrected chi connectivity index (χ1v) is 5.72. The van der Waals surface area contributed by atoms with E-state index < -0.39 is 0 Å². The fourth-order valence-electron chi connectivity index (χ4n) is 2.12. The summed E-state index contributed by atoms with van der Waals surface area (Å²) in [7, 11) is 0. The van der Waals surface area contributed by atoms with Gasteiger partial charge in [0.1, 0.15) is 0 Å². The number of isocyanates is 1. The first-order valence-electron chi connectivity index (χ1n) is 5.34. The van der Waals surface area contributed by atoms with Crippen molar-refractivity contribution in [3.8, 4) is 0 Å². The summed E-state index contributed by atoms with van der Waals surface area (Å²) in [4.78, 5) is 14.4. The Morgan fingerprint density at radius 3 is 2.75 bits per heavy atom. The lowest BCUT2D eigenvalue weighted by atomic mass is 9.93. The van der Waals surface area contributed by atoms with Gasteiger partial charge in [0.2, 0.25) is 6.08 Å².